The van der Waals surface area contributed by atoms with Crippen LogP contribution in [0.1, 0.15) is 34.3 Å². The SMILES string of the molecule is Cc1ccc(CN(C)C)cc1NC(=O)c1ccc(NC2CC2)nc1. The fourth-order valence-electron chi connectivity index (χ4n) is 2.51. The fourth-order valence-corrected chi connectivity index (χ4v) is 2.51. The van der Waals surface area contributed by atoms with Crippen LogP contribution in [-0.2, 0) is 6.54 Å². The van der Waals surface area contributed by atoms with Crippen molar-refractivity contribution in [1.82, 2.24) is 9.88 Å². The van der Waals surface area contributed by atoms with Crippen LogP contribution in [0.15, 0.2) is 36.5 Å². The van der Waals surface area contributed by atoms with E-state index in [4.69, 9.17) is 0 Å². The first kappa shape index (κ1) is 16.5. The summed E-state index contributed by atoms with van der Waals surface area (Å²) in [5.41, 5.74) is 3.63. The van der Waals surface area contributed by atoms with Gasteiger partial charge in [-0.05, 0) is 63.2 Å². The lowest BCUT2D eigenvalue weighted by Gasteiger charge is -2.14. The van der Waals surface area contributed by atoms with E-state index in [-0.39, 0.29) is 5.91 Å². The van der Waals surface area contributed by atoms with E-state index in [2.05, 4.69) is 26.6 Å². The third-order valence-corrected chi connectivity index (χ3v) is 4.00. The Kier molecular flexibility index (Phi) is 4.81. The molecular weight excluding hydrogens is 300 g/mol. The number of anilines is 2. The number of hydrogen-bond acceptors (Lipinski definition) is 4. The summed E-state index contributed by atoms with van der Waals surface area (Å²) in [7, 11) is 4.06. The molecule has 0 aliphatic heterocycles. The lowest BCUT2D eigenvalue weighted by molar-refractivity contribution is 0.102. The highest BCUT2D eigenvalue weighted by atomic mass is 16.1. The van der Waals surface area contributed by atoms with Gasteiger partial charge < -0.3 is 15.5 Å². The molecule has 5 heteroatoms. The van der Waals surface area contributed by atoms with Crippen molar-refractivity contribution >= 4 is 17.4 Å². The van der Waals surface area contributed by atoms with Crippen molar-refractivity contribution in [2.24, 2.45) is 0 Å². The van der Waals surface area contributed by atoms with Crippen molar-refractivity contribution in [1.29, 1.82) is 0 Å². The van der Waals surface area contributed by atoms with Crippen molar-refractivity contribution in [2.45, 2.75) is 32.4 Å². The maximum absolute atomic E-state index is 12.5. The molecule has 2 aromatic rings. The molecule has 1 heterocycles. The van der Waals surface area contributed by atoms with Crippen molar-refractivity contribution in [3.8, 4) is 0 Å². The Morgan fingerprint density at radius 2 is 2.04 bits per heavy atom. The Morgan fingerprint density at radius 1 is 1.25 bits per heavy atom. The molecule has 1 aromatic carbocycles. The van der Waals surface area contributed by atoms with Crippen LogP contribution in [-0.4, -0.2) is 35.9 Å². The minimum atomic E-state index is -0.134. The van der Waals surface area contributed by atoms with Crippen LogP contribution in [0.25, 0.3) is 0 Å². The lowest BCUT2D eigenvalue weighted by Crippen LogP contribution is -2.15. The highest BCUT2D eigenvalue weighted by Gasteiger charge is 2.21. The molecule has 0 atom stereocenters. The number of pyridine rings is 1. The van der Waals surface area contributed by atoms with Crippen molar-refractivity contribution < 1.29 is 4.79 Å². The topological polar surface area (TPSA) is 57.3 Å². The van der Waals surface area contributed by atoms with Gasteiger partial charge in [-0.25, -0.2) is 4.98 Å². The molecule has 0 radical (unpaired) electrons. The predicted octanol–water partition coefficient (Wildman–Crippen LogP) is 3.28. The summed E-state index contributed by atoms with van der Waals surface area (Å²) in [4.78, 5) is 18.9. The number of aromatic nitrogens is 1. The summed E-state index contributed by atoms with van der Waals surface area (Å²) in [6.07, 6.45) is 4.03. The van der Waals surface area contributed by atoms with Gasteiger partial charge in [-0.2, -0.15) is 0 Å². The zero-order valence-corrected chi connectivity index (χ0v) is 14.5. The van der Waals surface area contributed by atoms with Gasteiger partial charge in [0.25, 0.3) is 5.91 Å². The van der Waals surface area contributed by atoms with Crippen LogP contribution in [0.4, 0.5) is 11.5 Å². The molecule has 0 bridgehead atoms. The van der Waals surface area contributed by atoms with Gasteiger partial charge in [-0.3, -0.25) is 4.79 Å². The Bertz CT molecular complexity index is 721. The van der Waals surface area contributed by atoms with E-state index in [1.807, 2.05) is 45.3 Å². The molecule has 5 nitrogen and oxygen atoms in total. The van der Waals surface area contributed by atoms with Gasteiger partial charge in [-0.1, -0.05) is 12.1 Å². The molecule has 1 aliphatic carbocycles. The van der Waals surface area contributed by atoms with Gasteiger partial charge in [0.2, 0.25) is 0 Å². The van der Waals surface area contributed by atoms with Crippen molar-refractivity contribution in [3.05, 3.63) is 53.2 Å². The normalized spacial score (nSPS) is 13.8. The Labute approximate surface area is 143 Å². The number of hydrogen-bond donors (Lipinski definition) is 2. The van der Waals surface area contributed by atoms with Crippen molar-refractivity contribution in [2.75, 3.05) is 24.7 Å². The number of nitrogens with zero attached hydrogens (tertiary/aromatic N) is 2. The van der Waals surface area contributed by atoms with Crippen LogP contribution in [0.3, 0.4) is 0 Å². The van der Waals surface area contributed by atoms with Gasteiger partial charge in [0, 0.05) is 24.5 Å². The summed E-state index contributed by atoms with van der Waals surface area (Å²) >= 11 is 0. The Balaban J connectivity index is 1.69. The van der Waals surface area contributed by atoms with Gasteiger partial charge in [0.1, 0.15) is 5.82 Å². The van der Waals surface area contributed by atoms with Gasteiger partial charge in [-0.15, -0.1) is 0 Å². The molecule has 1 aliphatic rings. The second kappa shape index (κ2) is 7.01. The molecule has 1 fully saturated rings. The number of nitrogens with one attached hydrogen (secondary N) is 2. The van der Waals surface area contributed by atoms with Crippen LogP contribution in [0.5, 0.6) is 0 Å². The molecule has 1 saturated carbocycles. The molecule has 0 saturated heterocycles. The second-order valence-electron chi connectivity index (χ2n) is 6.69. The summed E-state index contributed by atoms with van der Waals surface area (Å²) in [5.74, 6) is 0.698. The van der Waals surface area contributed by atoms with Crippen LogP contribution >= 0.6 is 0 Å². The van der Waals surface area contributed by atoms with E-state index in [9.17, 15) is 4.79 Å². The monoisotopic (exact) mass is 324 g/mol. The molecule has 126 valence electrons. The zero-order chi connectivity index (χ0) is 17.1. The maximum atomic E-state index is 12.5. The highest BCUT2D eigenvalue weighted by molar-refractivity contribution is 6.04. The molecule has 2 N–H and O–H groups in total. The number of amides is 1. The van der Waals surface area contributed by atoms with E-state index >= 15 is 0 Å². The average molecular weight is 324 g/mol. The number of benzene rings is 1. The first-order valence-corrected chi connectivity index (χ1v) is 8.29. The largest absolute Gasteiger partial charge is 0.367 e. The second-order valence-corrected chi connectivity index (χ2v) is 6.69. The Morgan fingerprint density at radius 3 is 2.67 bits per heavy atom. The van der Waals surface area contributed by atoms with Gasteiger partial charge in [0.15, 0.2) is 0 Å². The van der Waals surface area contributed by atoms with Crippen LogP contribution in [0.2, 0.25) is 0 Å². The average Bonchev–Trinajstić information content (AvgIpc) is 3.35. The molecule has 1 amide bonds. The minimum absolute atomic E-state index is 0.134. The molecule has 0 spiro atoms. The first-order chi connectivity index (χ1) is 11.5. The van der Waals surface area contributed by atoms with Gasteiger partial charge in [0.05, 0.1) is 5.56 Å². The third kappa shape index (κ3) is 4.32. The minimum Gasteiger partial charge on any atom is -0.367 e. The summed E-state index contributed by atoms with van der Waals surface area (Å²) < 4.78 is 0. The molecule has 24 heavy (non-hydrogen) atoms. The Hall–Kier alpha value is -2.40. The summed E-state index contributed by atoms with van der Waals surface area (Å²) in [6.45, 7) is 2.84. The quantitative estimate of drug-likeness (QED) is 0.856. The lowest BCUT2D eigenvalue weighted by atomic mass is 10.1. The molecule has 0 unspecified atom stereocenters. The molecular formula is C19H24N4O. The fraction of sp³-hybridized carbons (Fsp3) is 0.368. The van der Waals surface area contributed by atoms with E-state index in [0.717, 1.165) is 23.6 Å². The predicted molar refractivity (Wildman–Crippen MR) is 97.4 cm³/mol. The summed E-state index contributed by atoms with van der Waals surface area (Å²) in [5, 5.41) is 6.31. The standard InChI is InChI=1S/C19H24N4O/c1-13-4-5-14(12-23(2)3)10-17(13)22-19(24)15-6-9-18(20-11-15)21-16-7-8-16/h4-6,9-11,16H,7-8,12H2,1-3H3,(H,20,21)(H,22,24). The van der Waals surface area contributed by atoms with Crippen LogP contribution in [0, 0.1) is 6.92 Å². The smallest absolute Gasteiger partial charge is 0.257 e. The van der Waals surface area contributed by atoms with Gasteiger partial charge >= 0.3 is 0 Å². The van der Waals surface area contributed by atoms with E-state index < -0.39 is 0 Å². The van der Waals surface area contributed by atoms with E-state index in [1.165, 1.54) is 18.4 Å². The van der Waals surface area contributed by atoms with E-state index in [0.29, 0.717) is 11.6 Å². The molecule has 1 aromatic heterocycles. The number of aryl methyl sites for hydroxylation is 1. The zero-order valence-electron chi connectivity index (χ0n) is 14.5. The number of rotatable bonds is 6. The highest BCUT2D eigenvalue weighted by Crippen LogP contribution is 2.24. The number of carbonyl (C=O) groups excluding carboxylic acids is 1. The van der Waals surface area contributed by atoms with E-state index in [1.54, 1.807) is 6.20 Å². The summed E-state index contributed by atoms with van der Waals surface area (Å²) in [6, 6.07) is 10.4. The maximum Gasteiger partial charge on any atom is 0.257 e. The van der Waals surface area contributed by atoms with Crippen molar-refractivity contribution in [3.63, 3.8) is 0 Å². The molecule has 3 rings (SSSR count). The third-order valence-electron chi connectivity index (χ3n) is 4.00. The first-order valence-electron chi connectivity index (χ1n) is 8.29. The number of carbonyl (C=O) groups is 1. The van der Waals surface area contributed by atoms with Crippen LogP contribution < -0.4 is 10.6 Å².